The summed E-state index contributed by atoms with van der Waals surface area (Å²) < 4.78 is 12.7. The van der Waals surface area contributed by atoms with Crippen LogP contribution in [0.25, 0.3) is 10.9 Å². The zero-order chi connectivity index (χ0) is 20.0. The van der Waals surface area contributed by atoms with Gasteiger partial charge in [-0.25, -0.2) is 19.6 Å². The van der Waals surface area contributed by atoms with Gasteiger partial charge in [-0.2, -0.15) is 5.10 Å². The second-order valence-corrected chi connectivity index (χ2v) is 7.83. The number of aliphatic hydroxyl groups excluding tert-OH is 1. The van der Waals surface area contributed by atoms with Gasteiger partial charge in [0, 0.05) is 24.5 Å². The molecule has 2 aromatic heterocycles. The van der Waals surface area contributed by atoms with Crippen LogP contribution in [0.5, 0.6) is 11.5 Å². The third kappa shape index (κ3) is 3.05. The molecule has 3 aromatic rings. The van der Waals surface area contributed by atoms with Crippen molar-refractivity contribution in [2.45, 2.75) is 25.0 Å². The zero-order valence-electron chi connectivity index (χ0n) is 16.5. The Kier molecular flexibility index (Phi) is 4.46. The zero-order valence-corrected chi connectivity index (χ0v) is 16.5. The van der Waals surface area contributed by atoms with Crippen molar-refractivity contribution in [1.29, 1.82) is 0 Å². The van der Waals surface area contributed by atoms with Gasteiger partial charge < -0.3 is 19.5 Å². The first-order valence-electron chi connectivity index (χ1n) is 9.81. The highest BCUT2D eigenvalue weighted by Gasteiger charge is 2.43. The summed E-state index contributed by atoms with van der Waals surface area (Å²) in [7, 11) is 3.25. The molecule has 1 N–H and O–H groups in total. The van der Waals surface area contributed by atoms with Crippen molar-refractivity contribution >= 4 is 16.7 Å². The average Bonchev–Trinajstić information content (AvgIpc) is 3.41. The van der Waals surface area contributed by atoms with Crippen molar-refractivity contribution in [1.82, 2.24) is 24.7 Å². The summed E-state index contributed by atoms with van der Waals surface area (Å²) in [5.74, 6) is 3.11. The van der Waals surface area contributed by atoms with Crippen molar-refractivity contribution in [2.75, 3.05) is 32.2 Å². The number of aliphatic hydroxyl groups is 1. The van der Waals surface area contributed by atoms with Crippen LogP contribution in [0.4, 0.5) is 5.82 Å². The maximum Gasteiger partial charge on any atom is 0.162 e. The Balaban J connectivity index is 1.45. The summed E-state index contributed by atoms with van der Waals surface area (Å²) in [6.45, 7) is 1.76. The van der Waals surface area contributed by atoms with Crippen molar-refractivity contribution in [3.63, 3.8) is 0 Å². The molecule has 9 heteroatoms. The molecule has 5 rings (SSSR count). The van der Waals surface area contributed by atoms with E-state index in [-0.39, 0.29) is 6.04 Å². The van der Waals surface area contributed by atoms with Crippen molar-refractivity contribution in [2.24, 2.45) is 11.8 Å². The second-order valence-electron chi connectivity index (χ2n) is 7.83. The van der Waals surface area contributed by atoms with Crippen LogP contribution in [0.1, 0.15) is 18.9 Å². The van der Waals surface area contributed by atoms with Gasteiger partial charge in [0.25, 0.3) is 0 Å². The van der Waals surface area contributed by atoms with Crippen LogP contribution in [0.15, 0.2) is 31.1 Å². The minimum absolute atomic E-state index is 0.0230. The van der Waals surface area contributed by atoms with Crippen LogP contribution in [0.3, 0.4) is 0 Å². The number of anilines is 1. The Morgan fingerprint density at radius 1 is 1.00 bits per heavy atom. The molecule has 0 spiro atoms. The summed E-state index contributed by atoms with van der Waals surface area (Å²) in [5.41, 5.74) is 0.822. The highest BCUT2D eigenvalue weighted by Crippen LogP contribution is 2.43. The fraction of sp³-hybridized carbons (Fsp3) is 0.500. The number of hydrogen-bond donors (Lipinski definition) is 1. The van der Waals surface area contributed by atoms with E-state index in [9.17, 15) is 5.11 Å². The van der Waals surface area contributed by atoms with E-state index in [2.05, 4.69) is 25.0 Å². The first kappa shape index (κ1) is 18.1. The van der Waals surface area contributed by atoms with Crippen LogP contribution in [-0.2, 0) is 0 Å². The molecule has 152 valence electrons. The predicted octanol–water partition coefficient (Wildman–Crippen LogP) is 1.69. The Bertz CT molecular complexity index is 1010. The summed E-state index contributed by atoms with van der Waals surface area (Å²) in [4.78, 5) is 15.4. The number of nitrogens with zero attached hydrogens (tertiary/aromatic N) is 6. The molecule has 1 saturated carbocycles. The molecule has 1 aliphatic carbocycles. The summed E-state index contributed by atoms with van der Waals surface area (Å²) >= 11 is 0. The first-order chi connectivity index (χ1) is 14.2. The standard InChI is InChI=1S/C20H24N6O3/c1-28-18-5-14-15(6-19(18)29-2)22-10-23-20(14)25-7-12-3-16(26-11-21-9-24-26)17(27)4-13(12)8-25/h5-6,9-13,16-17,27H,3-4,7-8H2,1-2H3/t12-,13+,16-,17-/m1/s1. The molecular formula is C20H24N6O3. The van der Waals surface area contributed by atoms with Crippen LogP contribution in [0.2, 0.25) is 0 Å². The quantitative estimate of drug-likeness (QED) is 0.711. The number of hydrogen-bond acceptors (Lipinski definition) is 8. The molecule has 29 heavy (non-hydrogen) atoms. The van der Waals surface area contributed by atoms with Gasteiger partial charge >= 0.3 is 0 Å². The van der Waals surface area contributed by atoms with E-state index >= 15 is 0 Å². The van der Waals surface area contributed by atoms with Crippen molar-refractivity contribution in [3.8, 4) is 11.5 Å². The van der Waals surface area contributed by atoms with E-state index in [4.69, 9.17) is 9.47 Å². The first-order valence-corrected chi connectivity index (χ1v) is 9.81. The maximum absolute atomic E-state index is 10.7. The number of aromatic nitrogens is 5. The van der Waals surface area contributed by atoms with E-state index in [1.165, 1.54) is 6.33 Å². The van der Waals surface area contributed by atoms with Crippen molar-refractivity contribution in [3.05, 3.63) is 31.1 Å². The van der Waals surface area contributed by atoms with Gasteiger partial charge in [-0.05, 0) is 30.7 Å². The van der Waals surface area contributed by atoms with E-state index in [1.807, 2.05) is 12.1 Å². The molecule has 4 atom stereocenters. The number of fused-ring (bicyclic) bond motifs is 2. The highest BCUT2D eigenvalue weighted by atomic mass is 16.5. The fourth-order valence-electron chi connectivity index (χ4n) is 4.87. The molecule has 3 heterocycles. The normalized spacial score (nSPS) is 26.5. The molecule has 0 bridgehead atoms. The molecule has 2 fully saturated rings. The topological polar surface area (TPSA) is 98.4 Å². The SMILES string of the molecule is COc1cc2ncnc(N3C[C@H]4C[C@@H](n5cncn5)[C@H](O)C[C@H]4C3)c2cc1OC. The summed E-state index contributed by atoms with van der Waals surface area (Å²) in [6.07, 6.45) is 6.04. The van der Waals surface area contributed by atoms with Gasteiger partial charge in [0.05, 0.1) is 31.9 Å². The predicted molar refractivity (Wildman–Crippen MR) is 106 cm³/mol. The monoisotopic (exact) mass is 396 g/mol. The smallest absolute Gasteiger partial charge is 0.162 e. The third-order valence-corrected chi connectivity index (χ3v) is 6.30. The largest absolute Gasteiger partial charge is 0.493 e. The Labute approximate surface area is 168 Å². The average molecular weight is 396 g/mol. The molecule has 9 nitrogen and oxygen atoms in total. The van der Waals surface area contributed by atoms with Gasteiger partial charge in [-0.1, -0.05) is 0 Å². The molecule has 1 aromatic carbocycles. The maximum atomic E-state index is 10.7. The van der Waals surface area contributed by atoms with Gasteiger partial charge in [-0.15, -0.1) is 0 Å². The summed E-state index contributed by atoms with van der Waals surface area (Å²) in [6, 6.07) is 3.80. The van der Waals surface area contributed by atoms with E-state index in [1.54, 1.807) is 31.6 Å². The lowest BCUT2D eigenvalue weighted by Crippen LogP contribution is -2.36. The minimum atomic E-state index is -0.413. The lowest BCUT2D eigenvalue weighted by Gasteiger charge is -2.34. The van der Waals surface area contributed by atoms with Crippen LogP contribution in [-0.4, -0.2) is 63.3 Å². The molecule has 1 aliphatic heterocycles. The van der Waals surface area contributed by atoms with Crippen molar-refractivity contribution < 1.29 is 14.6 Å². The lowest BCUT2D eigenvalue weighted by atomic mass is 9.77. The summed E-state index contributed by atoms with van der Waals surface area (Å²) in [5, 5.41) is 15.9. The van der Waals surface area contributed by atoms with E-state index in [0.29, 0.717) is 23.3 Å². The third-order valence-electron chi connectivity index (χ3n) is 6.30. The van der Waals surface area contributed by atoms with Crippen LogP contribution in [0, 0.1) is 11.8 Å². The van der Waals surface area contributed by atoms with Crippen LogP contribution >= 0.6 is 0 Å². The van der Waals surface area contributed by atoms with Crippen LogP contribution < -0.4 is 14.4 Å². The number of methoxy groups -OCH3 is 2. The van der Waals surface area contributed by atoms with Gasteiger partial charge in [0.2, 0.25) is 0 Å². The molecule has 0 amide bonds. The minimum Gasteiger partial charge on any atom is -0.493 e. The number of ether oxygens (including phenoxy) is 2. The highest BCUT2D eigenvalue weighted by molar-refractivity contribution is 5.92. The lowest BCUT2D eigenvalue weighted by molar-refractivity contribution is 0.0305. The van der Waals surface area contributed by atoms with Gasteiger partial charge in [0.15, 0.2) is 11.5 Å². The van der Waals surface area contributed by atoms with Gasteiger partial charge in [-0.3, -0.25) is 0 Å². The Morgan fingerprint density at radius 2 is 1.76 bits per heavy atom. The van der Waals surface area contributed by atoms with Gasteiger partial charge in [0.1, 0.15) is 24.8 Å². The molecule has 1 saturated heterocycles. The fourth-order valence-corrected chi connectivity index (χ4v) is 4.87. The van der Waals surface area contributed by atoms with E-state index < -0.39 is 6.10 Å². The number of benzene rings is 1. The molecule has 0 unspecified atom stereocenters. The Morgan fingerprint density at radius 3 is 2.48 bits per heavy atom. The molecular weight excluding hydrogens is 372 g/mol. The second kappa shape index (κ2) is 7.14. The number of rotatable bonds is 4. The molecule has 0 radical (unpaired) electrons. The Hall–Kier alpha value is -2.94. The molecule has 2 aliphatic rings. The van der Waals surface area contributed by atoms with E-state index in [0.717, 1.165) is 42.7 Å².